The van der Waals surface area contributed by atoms with Crippen LogP contribution in [0.1, 0.15) is 5.69 Å². The summed E-state index contributed by atoms with van der Waals surface area (Å²) in [6.45, 7) is 0.282. The van der Waals surface area contributed by atoms with E-state index in [0.29, 0.717) is 5.69 Å². The largest absolute Gasteiger partial charge is 0.494 e. The lowest BCUT2D eigenvalue weighted by Gasteiger charge is -2.05. The standard InChI is InChI=1S/C12H13F2N3O/c1-17-7(6-15)3-11(16-17)8-4-10(14)12(18-2)5-9(8)13/h3-5H,6,15H2,1-2H3. The summed E-state index contributed by atoms with van der Waals surface area (Å²) in [7, 11) is 2.98. The van der Waals surface area contributed by atoms with E-state index in [1.54, 1.807) is 13.1 Å². The van der Waals surface area contributed by atoms with Gasteiger partial charge in [-0.25, -0.2) is 8.78 Å². The molecule has 0 aliphatic heterocycles. The van der Waals surface area contributed by atoms with Crippen molar-refractivity contribution in [1.82, 2.24) is 9.78 Å². The van der Waals surface area contributed by atoms with Crippen LogP contribution >= 0.6 is 0 Å². The van der Waals surface area contributed by atoms with Gasteiger partial charge in [-0.3, -0.25) is 4.68 Å². The molecule has 0 spiro atoms. The predicted octanol–water partition coefficient (Wildman–Crippen LogP) is 1.83. The number of benzene rings is 1. The molecule has 0 bridgehead atoms. The van der Waals surface area contributed by atoms with Crippen LogP contribution in [0.5, 0.6) is 5.75 Å². The lowest BCUT2D eigenvalue weighted by atomic mass is 10.1. The van der Waals surface area contributed by atoms with Gasteiger partial charge >= 0.3 is 0 Å². The van der Waals surface area contributed by atoms with Crippen LogP contribution < -0.4 is 10.5 Å². The first-order chi connectivity index (χ1) is 8.56. The number of ether oxygens (including phenoxy) is 1. The van der Waals surface area contributed by atoms with Crippen LogP contribution in [0.2, 0.25) is 0 Å². The van der Waals surface area contributed by atoms with E-state index in [1.807, 2.05) is 0 Å². The number of methoxy groups -OCH3 is 1. The average Bonchev–Trinajstić information content (AvgIpc) is 2.72. The molecule has 0 amide bonds. The van der Waals surface area contributed by atoms with Crippen LogP contribution in [0.4, 0.5) is 8.78 Å². The number of nitrogens with two attached hydrogens (primary N) is 1. The van der Waals surface area contributed by atoms with Crippen molar-refractivity contribution in [3.63, 3.8) is 0 Å². The Bertz CT molecular complexity index is 581. The molecule has 2 rings (SSSR count). The smallest absolute Gasteiger partial charge is 0.165 e. The Balaban J connectivity index is 2.53. The minimum absolute atomic E-state index is 0.0867. The molecule has 0 aliphatic rings. The van der Waals surface area contributed by atoms with E-state index in [0.717, 1.165) is 17.8 Å². The van der Waals surface area contributed by atoms with E-state index >= 15 is 0 Å². The highest BCUT2D eigenvalue weighted by Gasteiger charge is 2.15. The van der Waals surface area contributed by atoms with Crippen LogP contribution in [0.25, 0.3) is 11.3 Å². The highest BCUT2D eigenvalue weighted by Crippen LogP contribution is 2.28. The predicted molar refractivity (Wildman–Crippen MR) is 63.0 cm³/mol. The molecule has 1 aromatic carbocycles. The van der Waals surface area contributed by atoms with E-state index in [4.69, 9.17) is 10.5 Å². The normalized spacial score (nSPS) is 10.7. The summed E-state index contributed by atoms with van der Waals surface area (Å²) >= 11 is 0. The van der Waals surface area contributed by atoms with Gasteiger partial charge in [-0.1, -0.05) is 0 Å². The molecule has 0 saturated carbocycles. The number of rotatable bonds is 3. The lowest BCUT2D eigenvalue weighted by Crippen LogP contribution is -2.03. The molecular formula is C12H13F2N3O. The number of halogens is 2. The molecule has 0 fully saturated rings. The second kappa shape index (κ2) is 4.73. The van der Waals surface area contributed by atoms with Crippen LogP contribution in [-0.2, 0) is 13.6 Å². The minimum Gasteiger partial charge on any atom is -0.494 e. The Morgan fingerprint density at radius 3 is 2.56 bits per heavy atom. The maximum absolute atomic E-state index is 13.8. The van der Waals surface area contributed by atoms with Crippen molar-refractivity contribution < 1.29 is 13.5 Å². The summed E-state index contributed by atoms with van der Waals surface area (Å²) in [5, 5.41) is 4.10. The zero-order valence-electron chi connectivity index (χ0n) is 10.1. The molecule has 0 atom stereocenters. The summed E-state index contributed by atoms with van der Waals surface area (Å²) in [4.78, 5) is 0. The summed E-state index contributed by atoms with van der Waals surface area (Å²) in [5.74, 6) is -1.35. The summed E-state index contributed by atoms with van der Waals surface area (Å²) in [6.07, 6.45) is 0. The molecule has 0 saturated heterocycles. The third kappa shape index (κ3) is 2.06. The highest BCUT2D eigenvalue weighted by atomic mass is 19.1. The number of hydrogen-bond acceptors (Lipinski definition) is 3. The first kappa shape index (κ1) is 12.5. The number of aromatic nitrogens is 2. The first-order valence-electron chi connectivity index (χ1n) is 5.33. The Labute approximate surface area is 103 Å². The van der Waals surface area contributed by atoms with Crippen LogP contribution in [0.3, 0.4) is 0 Å². The maximum atomic E-state index is 13.8. The monoisotopic (exact) mass is 253 g/mol. The van der Waals surface area contributed by atoms with Crippen molar-refractivity contribution >= 4 is 0 Å². The van der Waals surface area contributed by atoms with Gasteiger partial charge < -0.3 is 10.5 Å². The number of hydrogen-bond donors (Lipinski definition) is 1. The van der Waals surface area contributed by atoms with E-state index in [9.17, 15) is 8.78 Å². The van der Waals surface area contributed by atoms with Crippen molar-refractivity contribution in [2.75, 3.05) is 7.11 Å². The Morgan fingerprint density at radius 2 is 2.00 bits per heavy atom. The highest BCUT2D eigenvalue weighted by molar-refractivity contribution is 5.61. The van der Waals surface area contributed by atoms with Gasteiger partial charge in [0.05, 0.1) is 18.5 Å². The maximum Gasteiger partial charge on any atom is 0.165 e. The van der Waals surface area contributed by atoms with Gasteiger partial charge in [0, 0.05) is 25.2 Å². The number of nitrogens with zero attached hydrogens (tertiary/aromatic N) is 2. The van der Waals surface area contributed by atoms with Crippen molar-refractivity contribution in [2.45, 2.75) is 6.54 Å². The van der Waals surface area contributed by atoms with Gasteiger partial charge in [0.1, 0.15) is 5.82 Å². The molecule has 4 nitrogen and oxygen atoms in total. The minimum atomic E-state index is -0.631. The molecule has 0 unspecified atom stereocenters. The fourth-order valence-corrected chi connectivity index (χ4v) is 1.71. The third-order valence-corrected chi connectivity index (χ3v) is 2.70. The van der Waals surface area contributed by atoms with Crippen molar-refractivity contribution in [2.24, 2.45) is 12.8 Å². The van der Waals surface area contributed by atoms with Crippen LogP contribution in [-0.4, -0.2) is 16.9 Å². The molecule has 6 heteroatoms. The number of aryl methyl sites for hydroxylation is 1. The first-order valence-corrected chi connectivity index (χ1v) is 5.33. The third-order valence-electron chi connectivity index (χ3n) is 2.70. The molecule has 0 radical (unpaired) electrons. The fraction of sp³-hybridized carbons (Fsp3) is 0.250. The molecule has 0 aliphatic carbocycles. The van der Waals surface area contributed by atoms with Gasteiger partial charge in [0.15, 0.2) is 11.6 Å². The van der Waals surface area contributed by atoms with Gasteiger partial charge in [-0.15, -0.1) is 0 Å². The summed E-state index contributed by atoms with van der Waals surface area (Å²) < 4.78 is 33.6. The van der Waals surface area contributed by atoms with Crippen molar-refractivity contribution in [1.29, 1.82) is 0 Å². The Hall–Kier alpha value is -1.95. The topological polar surface area (TPSA) is 53.1 Å². The molecule has 2 aromatic rings. The van der Waals surface area contributed by atoms with Gasteiger partial charge in [-0.05, 0) is 12.1 Å². The van der Waals surface area contributed by atoms with Crippen molar-refractivity contribution in [3.05, 3.63) is 35.5 Å². The Kier molecular flexibility index (Phi) is 3.29. The van der Waals surface area contributed by atoms with E-state index in [1.165, 1.54) is 11.8 Å². The van der Waals surface area contributed by atoms with Gasteiger partial charge in [0.25, 0.3) is 0 Å². The zero-order valence-corrected chi connectivity index (χ0v) is 10.1. The van der Waals surface area contributed by atoms with Crippen molar-refractivity contribution in [3.8, 4) is 17.0 Å². The van der Waals surface area contributed by atoms with Crippen LogP contribution in [0.15, 0.2) is 18.2 Å². The van der Waals surface area contributed by atoms with E-state index < -0.39 is 11.6 Å². The quantitative estimate of drug-likeness (QED) is 0.908. The molecular weight excluding hydrogens is 240 g/mol. The second-order valence-corrected chi connectivity index (χ2v) is 3.82. The fourth-order valence-electron chi connectivity index (χ4n) is 1.71. The van der Waals surface area contributed by atoms with E-state index in [2.05, 4.69) is 5.10 Å². The van der Waals surface area contributed by atoms with Gasteiger partial charge in [0.2, 0.25) is 0 Å². The Morgan fingerprint density at radius 1 is 1.28 bits per heavy atom. The molecule has 1 aromatic heterocycles. The van der Waals surface area contributed by atoms with Crippen LogP contribution in [0, 0.1) is 11.6 Å². The summed E-state index contributed by atoms with van der Waals surface area (Å²) in [5.41, 5.74) is 6.67. The molecule has 2 N–H and O–H groups in total. The SMILES string of the molecule is COc1cc(F)c(-c2cc(CN)n(C)n2)cc1F. The average molecular weight is 253 g/mol. The van der Waals surface area contributed by atoms with Gasteiger partial charge in [-0.2, -0.15) is 5.10 Å². The molecule has 96 valence electrons. The lowest BCUT2D eigenvalue weighted by molar-refractivity contribution is 0.383. The zero-order chi connectivity index (χ0) is 13.3. The molecule has 18 heavy (non-hydrogen) atoms. The van der Waals surface area contributed by atoms with E-state index in [-0.39, 0.29) is 17.9 Å². The summed E-state index contributed by atoms with van der Waals surface area (Å²) in [6, 6.07) is 3.70. The second-order valence-electron chi connectivity index (χ2n) is 3.82. The molecule has 1 heterocycles.